The van der Waals surface area contributed by atoms with Crippen LogP contribution in [0.15, 0.2) is 5.10 Å². The van der Waals surface area contributed by atoms with Gasteiger partial charge in [-0.1, -0.05) is 32.5 Å². The number of hydrogen-bond donors (Lipinski definition) is 1. The molecule has 0 saturated carbocycles. The van der Waals surface area contributed by atoms with Crippen molar-refractivity contribution in [1.82, 2.24) is 15.2 Å². The first-order chi connectivity index (χ1) is 8.50. The maximum absolute atomic E-state index is 12.4. The molecule has 0 spiro atoms. The summed E-state index contributed by atoms with van der Waals surface area (Å²) in [7, 11) is 3.19. The molecule has 3 amide bonds. The van der Waals surface area contributed by atoms with Crippen molar-refractivity contribution in [2.45, 2.75) is 39.5 Å². The smallest absolute Gasteiger partial charge is 0.322 e. The Morgan fingerprint density at radius 3 is 2.32 bits per heavy atom. The van der Waals surface area contributed by atoms with E-state index in [1.54, 1.807) is 14.1 Å². The van der Waals surface area contributed by atoms with Crippen LogP contribution in [0.25, 0.3) is 0 Å². The Labute approximate surface area is 118 Å². The van der Waals surface area contributed by atoms with Crippen LogP contribution in [0.1, 0.15) is 34.6 Å². The lowest BCUT2D eigenvalue weighted by atomic mass is 9.95. The molecule has 0 radical (unpaired) electrons. The number of thioether (sulfide) groups is 1. The van der Waals surface area contributed by atoms with Crippen molar-refractivity contribution in [2.24, 2.45) is 10.5 Å². The summed E-state index contributed by atoms with van der Waals surface area (Å²) < 4.78 is 0. The first-order valence-electron chi connectivity index (χ1n) is 6.08. The summed E-state index contributed by atoms with van der Waals surface area (Å²) in [5, 5.41) is 8.82. The molecule has 108 valence electrons. The van der Waals surface area contributed by atoms with Gasteiger partial charge in [-0.05, 0) is 13.8 Å². The molecule has 0 saturated heterocycles. The van der Waals surface area contributed by atoms with Gasteiger partial charge < -0.3 is 5.32 Å². The molecule has 0 fully saturated rings. The highest BCUT2D eigenvalue weighted by molar-refractivity contribution is 8.15. The third-order valence-corrected chi connectivity index (χ3v) is 3.89. The van der Waals surface area contributed by atoms with Gasteiger partial charge in [0.1, 0.15) is 4.87 Å². The molecule has 0 atom stereocenters. The fourth-order valence-corrected chi connectivity index (χ4v) is 2.49. The molecule has 0 aromatic rings. The molecule has 1 aliphatic rings. The van der Waals surface area contributed by atoms with E-state index >= 15 is 0 Å². The Morgan fingerprint density at radius 2 is 1.89 bits per heavy atom. The highest BCUT2D eigenvalue weighted by Gasteiger charge is 2.44. The van der Waals surface area contributed by atoms with E-state index in [-0.39, 0.29) is 11.9 Å². The van der Waals surface area contributed by atoms with Gasteiger partial charge in [0.2, 0.25) is 5.91 Å². The molecule has 1 N–H and O–H groups in total. The summed E-state index contributed by atoms with van der Waals surface area (Å²) in [5.41, 5.74) is -0.512. The Morgan fingerprint density at radius 1 is 1.37 bits per heavy atom. The van der Waals surface area contributed by atoms with Crippen molar-refractivity contribution >= 4 is 28.9 Å². The summed E-state index contributed by atoms with van der Waals surface area (Å²) >= 11 is 1.39. The van der Waals surface area contributed by atoms with Crippen LogP contribution >= 0.6 is 11.8 Å². The topological polar surface area (TPSA) is 65.0 Å². The first-order valence-corrected chi connectivity index (χ1v) is 6.90. The van der Waals surface area contributed by atoms with Crippen molar-refractivity contribution in [1.29, 1.82) is 0 Å². The van der Waals surface area contributed by atoms with Gasteiger partial charge in [-0.15, -0.1) is 5.10 Å². The zero-order valence-electron chi connectivity index (χ0n) is 12.6. The lowest BCUT2D eigenvalue weighted by Gasteiger charge is -2.32. The first kappa shape index (κ1) is 15.8. The Hall–Kier alpha value is -1.24. The Balaban J connectivity index is 3.03. The van der Waals surface area contributed by atoms with Gasteiger partial charge in [-0.2, -0.15) is 0 Å². The summed E-state index contributed by atoms with van der Waals surface area (Å²) in [4.78, 5) is 24.9. The second-order valence-corrected chi connectivity index (χ2v) is 7.48. The number of amidine groups is 1. The Bertz CT molecular complexity index is 426. The van der Waals surface area contributed by atoms with Crippen molar-refractivity contribution in [3.8, 4) is 0 Å². The lowest BCUT2D eigenvalue weighted by molar-refractivity contribution is -0.142. The van der Waals surface area contributed by atoms with Crippen LogP contribution in [0, 0.1) is 5.41 Å². The molecule has 0 aromatic carbocycles. The van der Waals surface area contributed by atoms with E-state index < -0.39 is 10.3 Å². The van der Waals surface area contributed by atoms with Crippen molar-refractivity contribution in [3.63, 3.8) is 0 Å². The fourth-order valence-electron chi connectivity index (χ4n) is 1.49. The highest BCUT2D eigenvalue weighted by atomic mass is 32.2. The molecule has 0 aromatic heterocycles. The standard InChI is InChI=1S/C12H22N4O2S/c1-11(2,3)8(17)16-12(4,5)19-10(14-16)15(7)9(18)13-6/h1-7H3,(H,13,18). The van der Waals surface area contributed by atoms with Gasteiger partial charge in [-0.3, -0.25) is 9.69 Å². The van der Waals surface area contributed by atoms with Gasteiger partial charge in [0.15, 0.2) is 5.17 Å². The molecule has 6 nitrogen and oxygen atoms in total. The van der Waals surface area contributed by atoms with Crippen molar-refractivity contribution in [2.75, 3.05) is 14.1 Å². The van der Waals surface area contributed by atoms with Crippen LogP contribution in [-0.4, -0.2) is 46.0 Å². The molecule has 7 heteroatoms. The number of rotatable bonds is 0. The SMILES string of the molecule is CNC(=O)N(C)C1=NN(C(=O)C(C)(C)C)C(C)(C)S1. The predicted molar refractivity (Wildman–Crippen MR) is 77.6 cm³/mol. The van der Waals surface area contributed by atoms with Gasteiger partial charge >= 0.3 is 6.03 Å². The van der Waals surface area contributed by atoms with Gasteiger partial charge in [-0.25, -0.2) is 9.80 Å². The predicted octanol–water partition coefficient (Wildman–Crippen LogP) is 1.89. The maximum Gasteiger partial charge on any atom is 0.322 e. The molecule has 0 aliphatic carbocycles. The van der Waals surface area contributed by atoms with E-state index in [0.717, 1.165) is 0 Å². The second-order valence-electron chi connectivity index (χ2n) is 5.91. The lowest BCUT2D eigenvalue weighted by Crippen LogP contribution is -2.44. The maximum atomic E-state index is 12.4. The monoisotopic (exact) mass is 286 g/mol. The van der Waals surface area contributed by atoms with Gasteiger partial charge in [0.25, 0.3) is 0 Å². The molecule has 1 rings (SSSR count). The largest absolute Gasteiger partial charge is 0.341 e. The number of amides is 3. The Kier molecular flexibility index (Phi) is 4.19. The minimum atomic E-state index is -0.512. The highest BCUT2D eigenvalue weighted by Crippen LogP contribution is 2.39. The van der Waals surface area contributed by atoms with E-state index in [4.69, 9.17) is 0 Å². The minimum absolute atomic E-state index is 0.0645. The normalized spacial score (nSPS) is 18.1. The number of carbonyl (C=O) groups excluding carboxylic acids is 2. The van der Waals surface area contributed by atoms with Crippen LogP contribution in [-0.2, 0) is 4.79 Å². The van der Waals surface area contributed by atoms with E-state index in [0.29, 0.717) is 5.17 Å². The number of hydrazone groups is 1. The van der Waals surface area contributed by atoms with Crippen molar-refractivity contribution in [3.05, 3.63) is 0 Å². The third kappa shape index (κ3) is 3.20. The zero-order chi connectivity index (χ0) is 15.0. The number of nitrogens with zero attached hydrogens (tertiary/aromatic N) is 3. The second kappa shape index (κ2) is 5.03. The summed E-state index contributed by atoms with van der Waals surface area (Å²) in [5.74, 6) is -0.0645. The van der Waals surface area contributed by atoms with Crippen LogP contribution in [0.3, 0.4) is 0 Å². The molecular formula is C12H22N4O2S. The average Bonchev–Trinajstić information content (AvgIpc) is 2.60. The molecule has 19 heavy (non-hydrogen) atoms. The number of urea groups is 1. The average molecular weight is 286 g/mol. The third-order valence-electron chi connectivity index (χ3n) is 2.68. The van der Waals surface area contributed by atoms with Crippen LogP contribution < -0.4 is 5.32 Å². The summed E-state index contributed by atoms with van der Waals surface area (Å²) in [6.45, 7) is 9.38. The van der Waals surface area contributed by atoms with E-state index in [9.17, 15) is 9.59 Å². The minimum Gasteiger partial charge on any atom is -0.341 e. The molecule has 1 aliphatic heterocycles. The van der Waals surface area contributed by atoms with Crippen LogP contribution in [0.2, 0.25) is 0 Å². The summed E-state index contributed by atoms with van der Waals surface area (Å²) in [6, 6.07) is -0.257. The van der Waals surface area contributed by atoms with Crippen LogP contribution in [0.5, 0.6) is 0 Å². The van der Waals surface area contributed by atoms with Crippen molar-refractivity contribution < 1.29 is 9.59 Å². The van der Waals surface area contributed by atoms with E-state index in [1.165, 1.54) is 21.7 Å². The molecular weight excluding hydrogens is 264 g/mol. The molecule has 0 bridgehead atoms. The van der Waals surface area contributed by atoms with Gasteiger partial charge in [0, 0.05) is 19.5 Å². The fraction of sp³-hybridized carbons (Fsp3) is 0.750. The number of hydrogen-bond acceptors (Lipinski definition) is 4. The number of nitrogens with one attached hydrogen (secondary N) is 1. The molecule has 1 heterocycles. The number of carbonyl (C=O) groups is 2. The van der Waals surface area contributed by atoms with E-state index in [1.807, 2.05) is 34.6 Å². The molecule has 0 unspecified atom stereocenters. The van der Waals surface area contributed by atoms with Crippen LogP contribution in [0.4, 0.5) is 4.79 Å². The quantitative estimate of drug-likeness (QED) is 0.739. The van der Waals surface area contributed by atoms with Gasteiger partial charge in [0.05, 0.1) is 0 Å². The zero-order valence-corrected chi connectivity index (χ0v) is 13.4. The summed E-state index contributed by atoms with van der Waals surface area (Å²) in [6.07, 6.45) is 0. The van der Waals surface area contributed by atoms with E-state index in [2.05, 4.69) is 10.4 Å².